The van der Waals surface area contributed by atoms with Crippen LogP contribution in [0.5, 0.6) is 0 Å². The van der Waals surface area contributed by atoms with E-state index in [0.717, 1.165) is 10.4 Å². The summed E-state index contributed by atoms with van der Waals surface area (Å²) in [6.45, 7) is -0.746. The Bertz CT molecular complexity index is 1350. The fraction of sp³-hybridized carbons (Fsp3) is 0.136. The van der Waals surface area contributed by atoms with Crippen molar-refractivity contribution in [2.45, 2.75) is 4.90 Å². The molecule has 0 radical (unpaired) electrons. The molecule has 3 aromatic rings. The number of amides is 2. The van der Waals surface area contributed by atoms with Gasteiger partial charge < -0.3 is 9.30 Å². The van der Waals surface area contributed by atoms with Crippen molar-refractivity contribution in [1.82, 2.24) is 9.88 Å². The van der Waals surface area contributed by atoms with Gasteiger partial charge in [-0.1, -0.05) is 23.2 Å². The molecule has 0 aliphatic carbocycles. The lowest BCUT2D eigenvalue weighted by Crippen LogP contribution is -2.35. The largest absolute Gasteiger partial charge is 0.452 e. The van der Waals surface area contributed by atoms with Crippen LogP contribution in [0, 0.1) is 0 Å². The standard InChI is InChI=1S/C22H19Cl2N3O6S/c1-26-11-3-4-18(26)21(29)25-20(28)13-33-22(30)14-5-10-17(24)19(12-14)34(31,32)27(2)16-8-6-15(23)7-9-16/h3-12H,13H2,1-2H3,(H,25,28,29). The first-order valence-corrected chi connectivity index (χ1v) is 11.9. The highest BCUT2D eigenvalue weighted by molar-refractivity contribution is 7.93. The van der Waals surface area contributed by atoms with Crippen LogP contribution in [0.2, 0.25) is 10.0 Å². The zero-order valence-electron chi connectivity index (χ0n) is 18.0. The van der Waals surface area contributed by atoms with Gasteiger partial charge >= 0.3 is 5.97 Å². The fourth-order valence-electron chi connectivity index (χ4n) is 2.90. The second kappa shape index (κ2) is 10.3. The topological polar surface area (TPSA) is 115 Å². The van der Waals surface area contributed by atoms with Crippen LogP contribution < -0.4 is 9.62 Å². The van der Waals surface area contributed by atoms with Crippen LogP contribution in [0.1, 0.15) is 20.8 Å². The number of imide groups is 1. The van der Waals surface area contributed by atoms with Crippen molar-refractivity contribution in [2.24, 2.45) is 7.05 Å². The number of hydrogen-bond donors (Lipinski definition) is 1. The highest BCUT2D eigenvalue weighted by Gasteiger charge is 2.26. The number of nitrogens with zero attached hydrogens (tertiary/aromatic N) is 2. The van der Waals surface area contributed by atoms with Crippen molar-refractivity contribution in [3.05, 3.63) is 82.1 Å². The third kappa shape index (κ3) is 5.58. The number of aryl methyl sites for hydroxylation is 1. The summed E-state index contributed by atoms with van der Waals surface area (Å²) >= 11 is 12.0. The lowest BCUT2D eigenvalue weighted by Gasteiger charge is -2.20. The van der Waals surface area contributed by atoms with Gasteiger partial charge in [0.25, 0.3) is 21.8 Å². The molecule has 3 rings (SSSR count). The molecular weight excluding hydrogens is 505 g/mol. The molecule has 0 atom stereocenters. The minimum absolute atomic E-state index is 0.108. The third-order valence-electron chi connectivity index (χ3n) is 4.76. The van der Waals surface area contributed by atoms with E-state index in [2.05, 4.69) is 5.32 Å². The first-order chi connectivity index (χ1) is 16.0. The molecule has 1 aromatic heterocycles. The number of esters is 1. The van der Waals surface area contributed by atoms with Crippen LogP contribution in [0.3, 0.4) is 0 Å². The number of sulfonamides is 1. The molecule has 9 nitrogen and oxygen atoms in total. The van der Waals surface area contributed by atoms with E-state index in [1.54, 1.807) is 19.3 Å². The fourth-order valence-corrected chi connectivity index (χ4v) is 4.72. The van der Waals surface area contributed by atoms with Crippen molar-refractivity contribution in [3.63, 3.8) is 0 Å². The number of ether oxygens (including phenoxy) is 1. The number of rotatable bonds is 7. The Hall–Kier alpha value is -3.34. The molecule has 1 N–H and O–H groups in total. The molecule has 0 saturated heterocycles. The number of carbonyl (C=O) groups excluding carboxylic acids is 3. The minimum atomic E-state index is -4.14. The number of hydrogen-bond acceptors (Lipinski definition) is 6. The second-order valence-corrected chi connectivity index (χ2v) is 9.83. The van der Waals surface area contributed by atoms with Crippen LogP contribution in [0.25, 0.3) is 0 Å². The predicted molar refractivity (Wildman–Crippen MR) is 127 cm³/mol. The zero-order valence-corrected chi connectivity index (χ0v) is 20.3. The number of halogens is 2. The van der Waals surface area contributed by atoms with E-state index in [-0.39, 0.29) is 21.2 Å². The summed E-state index contributed by atoms with van der Waals surface area (Å²) in [6, 6.07) is 12.8. The first kappa shape index (κ1) is 25.3. The predicted octanol–water partition coefficient (Wildman–Crippen LogP) is 3.27. The maximum Gasteiger partial charge on any atom is 0.338 e. The molecule has 0 saturated carbocycles. The average molecular weight is 524 g/mol. The maximum absolute atomic E-state index is 13.1. The van der Waals surface area contributed by atoms with E-state index < -0.39 is 34.4 Å². The summed E-state index contributed by atoms with van der Waals surface area (Å²) in [5.41, 5.74) is 0.430. The van der Waals surface area contributed by atoms with Crippen molar-refractivity contribution in [2.75, 3.05) is 18.0 Å². The number of anilines is 1. The average Bonchev–Trinajstić information content (AvgIpc) is 3.23. The highest BCUT2D eigenvalue weighted by atomic mass is 35.5. The number of carbonyl (C=O) groups is 3. The Kier molecular flexibility index (Phi) is 7.65. The van der Waals surface area contributed by atoms with E-state index in [1.807, 2.05) is 0 Å². The zero-order chi connectivity index (χ0) is 25.0. The van der Waals surface area contributed by atoms with Gasteiger partial charge in [0.15, 0.2) is 6.61 Å². The summed E-state index contributed by atoms with van der Waals surface area (Å²) in [5.74, 6) is -2.47. The smallest absolute Gasteiger partial charge is 0.338 e. The van der Waals surface area contributed by atoms with Gasteiger partial charge in [0.05, 0.1) is 16.3 Å². The molecule has 12 heteroatoms. The Balaban J connectivity index is 1.71. The molecule has 0 aliphatic heterocycles. The van der Waals surface area contributed by atoms with Crippen molar-refractivity contribution in [3.8, 4) is 0 Å². The lowest BCUT2D eigenvalue weighted by atomic mass is 10.2. The lowest BCUT2D eigenvalue weighted by molar-refractivity contribution is -0.123. The molecule has 0 bridgehead atoms. The molecule has 0 aliphatic rings. The molecule has 34 heavy (non-hydrogen) atoms. The summed E-state index contributed by atoms with van der Waals surface area (Å²) in [7, 11) is -1.18. The van der Waals surface area contributed by atoms with Gasteiger partial charge in [-0.15, -0.1) is 0 Å². The van der Waals surface area contributed by atoms with E-state index >= 15 is 0 Å². The van der Waals surface area contributed by atoms with Crippen molar-refractivity contribution in [1.29, 1.82) is 0 Å². The normalized spacial score (nSPS) is 11.1. The Morgan fingerprint density at radius 2 is 1.74 bits per heavy atom. The summed E-state index contributed by atoms with van der Waals surface area (Å²) < 4.78 is 33.6. The quantitative estimate of drug-likeness (QED) is 0.475. The van der Waals surface area contributed by atoms with Crippen molar-refractivity contribution < 1.29 is 27.5 Å². The number of benzene rings is 2. The number of nitrogens with one attached hydrogen (secondary N) is 1. The van der Waals surface area contributed by atoms with Crippen LogP contribution in [-0.2, 0) is 26.6 Å². The maximum atomic E-state index is 13.1. The van der Waals surface area contributed by atoms with Crippen LogP contribution in [0.4, 0.5) is 5.69 Å². The van der Waals surface area contributed by atoms with Gasteiger partial charge in [0, 0.05) is 25.3 Å². The van der Waals surface area contributed by atoms with Gasteiger partial charge in [0.1, 0.15) is 10.6 Å². The summed E-state index contributed by atoms with van der Waals surface area (Å²) in [5, 5.41) is 2.43. The second-order valence-electron chi connectivity index (χ2n) is 7.05. The summed E-state index contributed by atoms with van der Waals surface area (Å²) in [6.07, 6.45) is 1.63. The molecule has 2 amide bonds. The number of aromatic nitrogens is 1. The van der Waals surface area contributed by atoms with Crippen LogP contribution in [0.15, 0.2) is 65.7 Å². The van der Waals surface area contributed by atoms with Gasteiger partial charge in [0.2, 0.25) is 0 Å². The summed E-state index contributed by atoms with van der Waals surface area (Å²) in [4.78, 5) is 36.2. The van der Waals surface area contributed by atoms with Crippen molar-refractivity contribution >= 4 is 56.7 Å². The van der Waals surface area contributed by atoms with Gasteiger partial charge in [-0.25, -0.2) is 13.2 Å². The van der Waals surface area contributed by atoms with Crippen LogP contribution >= 0.6 is 23.2 Å². The Labute approximate surface area is 205 Å². The van der Waals surface area contributed by atoms with Crippen LogP contribution in [-0.4, -0.2) is 44.4 Å². The third-order valence-corrected chi connectivity index (χ3v) is 7.28. The molecule has 0 unspecified atom stereocenters. The molecule has 0 fully saturated rings. The van der Waals surface area contributed by atoms with Gasteiger partial charge in [-0.3, -0.25) is 19.2 Å². The monoisotopic (exact) mass is 523 g/mol. The van der Waals surface area contributed by atoms with Gasteiger partial charge in [-0.2, -0.15) is 0 Å². The van der Waals surface area contributed by atoms with E-state index in [9.17, 15) is 22.8 Å². The SMILES string of the molecule is CN(c1ccc(Cl)cc1)S(=O)(=O)c1cc(C(=O)OCC(=O)NC(=O)c2cccn2C)ccc1Cl. The molecular formula is C22H19Cl2N3O6S. The molecule has 2 aromatic carbocycles. The first-order valence-electron chi connectivity index (χ1n) is 9.67. The van der Waals surface area contributed by atoms with Gasteiger partial charge in [-0.05, 0) is 54.6 Å². The molecule has 178 valence electrons. The molecule has 1 heterocycles. The van der Waals surface area contributed by atoms with E-state index in [4.69, 9.17) is 27.9 Å². The Morgan fingerprint density at radius 1 is 1.06 bits per heavy atom. The highest BCUT2D eigenvalue weighted by Crippen LogP contribution is 2.29. The van der Waals surface area contributed by atoms with E-state index in [0.29, 0.717) is 10.7 Å². The van der Waals surface area contributed by atoms with E-state index in [1.165, 1.54) is 54.1 Å². The molecule has 0 spiro atoms. The minimum Gasteiger partial charge on any atom is -0.452 e. The Morgan fingerprint density at radius 3 is 2.35 bits per heavy atom.